The quantitative estimate of drug-likeness (QED) is 0.911. The molecule has 0 aromatic carbocycles. The summed E-state index contributed by atoms with van der Waals surface area (Å²) in [5, 5.41) is 8.88. The lowest BCUT2D eigenvalue weighted by molar-refractivity contribution is -0.143. The van der Waals surface area contributed by atoms with Crippen molar-refractivity contribution in [3.05, 3.63) is 20.8 Å². The second kappa shape index (κ2) is 5.18. The predicted molar refractivity (Wildman–Crippen MR) is 68.3 cm³/mol. The molecule has 1 saturated heterocycles. The second-order valence-electron chi connectivity index (χ2n) is 4.01. The third-order valence-electron chi connectivity index (χ3n) is 2.92. The number of piperidine rings is 1. The number of likely N-dealkylation sites (tertiary alicyclic amines) is 1. The minimum atomic E-state index is -0.754. The fourth-order valence-corrected chi connectivity index (χ4v) is 3.27. The van der Waals surface area contributed by atoms with Crippen molar-refractivity contribution < 1.29 is 14.7 Å². The first-order chi connectivity index (χ1) is 8.08. The van der Waals surface area contributed by atoms with E-state index in [2.05, 4.69) is 15.9 Å². The third kappa shape index (κ3) is 2.87. The van der Waals surface area contributed by atoms with Crippen LogP contribution in [-0.4, -0.2) is 35.0 Å². The van der Waals surface area contributed by atoms with Crippen LogP contribution in [0.5, 0.6) is 0 Å². The van der Waals surface area contributed by atoms with Crippen molar-refractivity contribution in [3.63, 3.8) is 0 Å². The predicted octanol–water partition coefficient (Wildman–Crippen LogP) is 2.45. The normalized spacial score (nSPS) is 17.1. The molecular formula is C11H12BrNO3S. The van der Waals surface area contributed by atoms with Gasteiger partial charge in [-0.3, -0.25) is 9.59 Å². The first kappa shape index (κ1) is 12.6. The smallest absolute Gasteiger partial charge is 0.306 e. The van der Waals surface area contributed by atoms with Gasteiger partial charge in [-0.2, -0.15) is 0 Å². The summed E-state index contributed by atoms with van der Waals surface area (Å²) in [6.45, 7) is 1.07. The summed E-state index contributed by atoms with van der Waals surface area (Å²) in [5.41, 5.74) is 0. The first-order valence-electron chi connectivity index (χ1n) is 5.35. The van der Waals surface area contributed by atoms with E-state index in [4.69, 9.17) is 5.11 Å². The van der Waals surface area contributed by atoms with Gasteiger partial charge in [0.2, 0.25) is 0 Å². The van der Waals surface area contributed by atoms with Crippen LogP contribution in [0.4, 0.5) is 0 Å². The number of nitrogens with zero attached hydrogens (tertiary/aromatic N) is 1. The van der Waals surface area contributed by atoms with E-state index < -0.39 is 5.97 Å². The highest BCUT2D eigenvalue weighted by molar-refractivity contribution is 9.11. The average molecular weight is 318 g/mol. The lowest BCUT2D eigenvalue weighted by Gasteiger charge is -2.29. The molecule has 0 spiro atoms. The third-order valence-corrected chi connectivity index (χ3v) is 4.53. The van der Waals surface area contributed by atoms with Gasteiger partial charge in [0.05, 0.1) is 14.6 Å². The van der Waals surface area contributed by atoms with Crippen molar-refractivity contribution in [3.8, 4) is 0 Å². The highest BCUT2D eigenvalue weighted by Crippen LogP contribution is 2.25. The van der Waals surface area contributed by atoms with Crippen LogP contribution >= 0.6 is 27.3 Å². The van der Waals surface area contributed by atoms with Crippen molar-refractivity contribution in [2.75, 3.05) is 13.1 Å². The number of hydrogen-bond donors (Lipinski definition) is 1. The van der Waals surface area contributed by atoms with E-state index >= 15 is 0 Å². The number of rotatable bonds is 2. The Kier molecular flexibility index (Phi) is 3.83. The van der Waals surface area contributed by atoms with Crippen molar-refractivity contribution in [1.82, 2.24) is 4.90 Å². The van der Waals surface area contributed by atoms with Crippen molar-refractivity contribution >= 4 is 39.1 Å². The number of carbonyl (C=O) groups excluding carboxylic acids is 1. The first-order valence-corrected chi connectivity index (χ1v) is 6.96. The molecule has 1 aliphatic rings. The zero-order valence-corrected chi connectivity index (χ0v) is 11.5. The van der Waals surface area contributed by atoms with E-state index in [0.29, 0.717) is 30.8 Å². The fraction of sp³-hybridized carbons (Fsp3) is 0.455. The van der Waals surface area contributed by atoms with Gasteiger partial charge in [0.15, 0.2) is 0 Å². The Morgan fingerprint density at radius 2 is 2.00 bits per heavy atom. The van der Waals surface area contributed by atoms with Crippen LogP contribution < -0.4 is 0 Å². The van der Waals surface area contributed by atoms with E-state index in [1.165, 1.54) is 11.3 Å². The van der Waals surface area contributed by atoms with Crippen molar-refractivity contribution in [2.45, 2.75) is 12.8 Å². The van der Waals surface area contributed by atoms with Crippen LogP contribution in [0.3, 0.4) is 0 Å². The maximum absolute atomic E-state index is 12.1. The Morgan fingerprint density at radius 1 is 1.35 bits per heavy atom. The molecule has 17 heavy (non-hydrogen) atoms. The summed E-state index contributed by atoms with van der Waals surface area (Å²) in [5.74, 6) is -1.05. The van der Waals surface area contributed by atoms with E-state index in [0.717, 1.165) is 3.79 Å². The molecular weight excluding hydrogens is 306 g/mol. The molecule has 0 aliphatic carbocycles. The van der Waals surface area contributed by atoms with Crippen LogP contribution in [0.15, 0.2) is 15.9 Å². The molecule has 2 rings (SSSR count). The van der Waals surface area contributed by atoms with Gasteiger partial charge in [0.25, 0.3) is 5.91 Å². The summed E-state index contributed by atoms with van der Waals surface area (Å²) in [6, 6.07) is 3.64. The molecule has 4 nitrogen and oxygen atoms in total. The number of halogens is 1. The molecule has 1 N–H and O–H groups in total. The monoisotopic (exact) mass is 317 g/mol. The lowest BCUT2D eigenvalue weighted by atomic mass is 9.97. The fourth-order valence-electron chi connectivity index (χ4n) is 1.91. The molecule has 0 radical (unpaired) electrons. The van der Waals surface area contributed by atoms with Crippen LogP contribution in [0.25, 0.3) is 0 Å². The van der Waals surface area contributed by atoms with E-state index in [9.17, 15) is 9.59 Å². The Morgan fingerprint density at radius 3 is 2.47 bits per heavy atom. The second-order valence-corrected chi connectivity index (χ2v) is 6.47. The molecule has 1 aromatic rings. The van der Waals surface area contributed by atoms with Crippen molar-refractivity contribution in [2.24, 2.45) is 5.92 Å². The number of carbonyl (C=O) groups is 2. The SMILES string of the molecule is O=C(O)C1CCN(C(=O)c2ccc(Br)s2)CC1. The van der Waals surface area contributed by atoms with Gasteiger partial charge in [0, 0.05) is 13.1 Å². The van der Waals surface area contributed by atoms with Crippen LogP contribution in [0.2, 0.25) is 0 Å². The molecule has 2 heterocycles. The number of carboxylic acid groups (broad SMARTS) is 1. The number of thiophene rings is 1. The molecule has 6 heteroatoms. The number of aliphatic carboxylic acids is 1. The Bertz CT molecular complexity index is 438. The van der Waals surface area contributed by atoms with E-state index in [1.807, 2.05) is 6.07 Å². The summed E-state index contributed by atoms with van der Waals surface area (Å²) >= 11 is 4.73. The van der Waals surface area contributed by atoms with Gasteiger partial charge in [-0.15, -0.1) is 11.3 Å². The molecule has 1 amide bonds. The summed E-state index contributed by atoms with van der Waals surface area (Å²) < 4.78 is 0.932. The molecule has 92 valence electrons. The molecule has 1 fully saturated rings. The summed E-state index contributed by atoms with van der Waals surface area (Å²) in [7, 11) is 0. The molecule has 1 aliphatic heterocycles. The van der Waals surface area contributed by atoms with Gasteiger partial charge < -0.3 is 10.0 Å². The van der Waals surface area contributed by atoms with Crippen LogP contribution in [-0.2, 0) is 4.79 Å². The van der Waals surface area contributed by atoms with Gasteiger partial charge in [-0.1, -0.05) is 0 Å². The Hall–Kier alpha value is -0.880. The van der Waals surface area contributed by atoms with Gasteiger partial charge in [0.1, 0.15) is 0 Å². The summed E-state index contributed by atoms with van der Waals surface area (Å²) in [4.78, 5) is 25.3. The van der Waals surface area contributed by atoms with Crippen LogP contribution in [0.1, 0.15) is 22.5 Å². The zero-order valence-electron chi connectivity index (χ0n) is 9.06. The zero-order chi connectivity index (χ0) is 12.4. The van der Waals surface area contributed by atoms with Gasteiger partial charge in [-0.25, -0.2) is 0 Å². The highest BCUT2D eigenvalue weighted by atomic mass is 79.9. The largest absolute Gasteiger partial charge is 0.481 e. The van der Waals surface area contributed by atoms with Gasteiger partial charge in [-0.05, 0) is 40.9 Å². The standard InChI is InChI=1S/C11H12BrNO3S/c12-9-2-1-8(17-9)10(14)13-5-3-7(4-6-13)11(15)16/h1-2,7H,3-6H2,(H,15,16). The number of carboxylic acids is 1. The average Bonchev–Trinajstić information content (AvgIpc) is 2.75. The van der Waals surface area contributed by atoms with E-state index in [-0.39, 0.29) is 11.8 Å². The summed E-state index contributed by atoms with van der Waals surface area (Å²) in [6.07, 6.45) is 1.10. The maximum Gasteiger partial charge on any atom is 0.306 e. The lowest BCUT2D eigenvalue weighted by Crippen LogP contribution is -2.39. The minimum absolute atomic E-state index is 0.00420. The van der Waals surface area contributed by atoms with Crippen LogP contribution in [0, 0.1) is 5.92 Å². The topological polar surface area (TPSA) is 57.6 Å². The van der Waals surface area contributed by atoms with Crippen molar-refractivity contribution in [1.29, 1.82) is 0 Å². The van der Waals surface area contributed by atoms with E-state index in [1.54, 1.807) is 11.0 Å². The maximum atomic E-state index is 12.1. The molecule has 0 bridgehead atoms. The molecule has 1 aromatic heterocycles. The van der Waals surface area contributed by atoms with Gasteiger partial charge >= 0.3 is 5.97 Å². The highest BCUT2D eigenvalue weighted by Gasteiger charge is 2.27. The molecule has 0 saturated carbocycles. The Labute approximate surface area is 111 Å². The molecule has 0 unspecified atom stereocenters. The number of amides is 1. The number of hydrogen-bond acceptors (Lipinski definition) is 3. The Balaban J connectivity index is 1.97. The molecule has 0 atom stereocenters. The minimum Gasteiger partial charge on any atom is -0.481 e.